The van der Waals surface area contributed by atoms with Crippen LogP contribution in [0.4, 0.5) is 0 Å². The number of hydrogen-bond acceptors (Lipinski definition) is 9. The number of pyridine rings is 2. The number of rotatable bonds is 17. The van der Waals surface area contributed by atoms with Crippen molar-refractivity contribution in [1.82, 2.24) is 25.1 Å². The van der Waals surface area contributed by atoms with Crippen LogP contribution in [0.3, 0.4) is 0 Å². The first kappa shape index (κ1) is 45.4. The Hall–Kier alpha value is -4.26. The molecule has 0 bridgehead atoms. The monoisotopic (exact) mass is 820 g/mol. The fourth-order valence-corrected chi connectivity index (χ4v) is 7.21. The van der Waals surface area contributed by atoms with Gasteiger partial charge >= 0.3 is 5.97 Å². The van der Waals surface area contributed by atoms with Gasteiger partial charge in [-0.05, 0) is 149 Å². The summed E-state index contributed by atoms with van der Waals surface area (Å²) in [5.74, 6) is 1.15. The van der Waals surface area contributed by atoms with Gasteiger partial charge in [-0.2, -0.15) is 0 Å². The van der Waals surface area contributed by atoms with Crippen LogP contribution in [0.2, 0.25) is 10.0 Å². The van der Waals surface area contributed by atoms with E-state index in [0.29, 0.717) is 47.4 Å². The predicted molar refractivity (Wildman–Crippen MR) is 227 cm³/mol. The fourth-order valence-electron chi connectivity index (χ4n) is 6.81. The highest BCUT2D eigenvalue weighted by atomic mass is 35.5. The van der Waals surface area contributed by atoms with Gasteiger partial charge in [0.2, 0.25) is 5.91 Å². The number of hydrogen-bond donors (Lipinski definition) is 5. The summed E-state index contributed by atoms with van der Waals surface area (Å²) in [5.41, 5.74) is 10.0. The highest BCUT2D eigenvalue weighted by molar-refractivity contribution is 6.32. The molecule has 13 heteroatoms. The Bertz CT molecular complexity index is 1840. The number of halogens is 2. The molecule has 6 N–H and O–H groups in total. The third kappa shape index (κ3) is 15.5. The first-order valence-corrected chi connectivity index (χ1v) is 20.3. The van der Waals surface area contributed by atoms with Gasteiger partial charge in [0.1, 0.15) is 11.5 Å². The van der Waals surface area contributed by atoms with E-state index in [9.17, 15) is 19.8 Å². The molecular weight excluding hydrogens is 763 g/mol. The highest BCUT2D eigenvalue weighted by Gasteiger charge is 2.34. The van der Waals surface area contributed by atoms with Crippen molar-refractivity contribution in [2.75, 3.05) is 41.3 Å². The van der Waals surface area contributed by atoms with Gasteiger partial charge in [0, 0.05) is 56.4 Å². The molecule has 2 heterocycles. The molecule has 308 valence electrons. The van der Waals surface area contributed by atoms with Crippen LogP contribution in [-0.2, 0) is 22.4 Å². The molecule has 4 atom stereocenters. The molecular formula is C44H58Cl2N6O5. The molecule has 2 aromatic heterocycles. The van der Waals surface area contributed by atoms with E-state index in [1.54, 1.807) is 42.9 Å². The number of amides is 1. The number of phenolic OH excluding ortho intramolecular Hbond substituents is 2. The van der Waals surface area contributed by atoms with Crippen LogP contribution < -0.4 is 11.1 Å². The lowest BCUT2D eigenvalue weighted by Crippen LogP contribution is -2.42. The Kier molecular flexibility index (Phi) is 18.0. The number of benzene rings is 2. The van der Waals surface area contributed by atoms with Crippen molar-refractivity contribution in [3.63, 3.8) is 0 Å². The van der Waals surface area contributed by atoms with Gasteiger partial charge in [-0.15, -0.1) is 0 Å². The maximum absolute atomic E-state index is 12.6. The highest BCUT2D eigenvalue weighted by Crippen LogP contribution is 2.45. The van der Waals surface area contributed by atoms with E-state index in [0.717, 1.165) is 47.9 Å². The number of carbonyl (C=O) groups is 2. The number of aromatic hydroxyl groups is 2. The molecule has 1 amide bonds. The van der Waals surface area contributed by atoms with E-state index in [4.69, 9.17) is 34.0 Å². The molecule has 0 spiro atoms. The van der Waals surface area contributed by atoms with Crippen LogP contribution in [0.15, 0.2) is 85.5 Å². The van der Waals surface area contributed by atoms with Gasteiger partial charge in [0.05, 0.1) is 16.5 Å². The Morgan fingerprint density at radius 1 is 0.754 bits per heavy atom. The zero-order chi connectivity index (χ0) is 41.5. The van der Waals surface area contributed by atoms with Gasteiger partial charge in [0.25, 0.3) is 0 Å². The maximum Gasteiger partial charge on any atom is 0.303 e. The minimum Gasteiger partial charge on any atom is -0.506 e. The van der Waals surface area contributed by atoms with E-state index in [-0.39, 0.29) is 41.7 Å². The number of carboxylic acid groups (broad SMARTS) is 1. The summed E-state index contributed by atoms with van der Waals surface area (Å²) in [6, 6.07) is 18.8. The van der Waals surface area contributed by atoms with Crippen molar-refractivity contribution in [3.8, 4) is 11.5 Å². The Balaban J connectivity index is 0.000000209. The lowest BCUT2D eigenvalue weighted by atomic mass is 9.92. The van der Waals surface area contributed by atoms with Gasteiger partial charge in [-0.1, -0.05) is 47.5 Å². The third-order valence-corrected chi connectivity index (χ3v) is 11.2. The zero-order valence-corrected chi connectivity index (χ0v) is 34.9. The van der Waals surface area contributed by atoms with Gasteiger partial charge < -0.3 is 36.2 Å². The zero-order valence-electron chi connectivity index (χ0n) is 33.4. The summed E-state index contributed by atoms with van der Waals surface area (Å²) in [5, 5.41) is 31.5. The molecule has 2 aliphatic carbocycles. The fraction of sp³-hybridized carbons (Fsp3) is 0.455. The number of phenols is 2. The van der Waals surface area contributed by atoms with Crippen LogP contribution in [0.5, 0.6) is 11.5 Å². The van der Waals surface area contributed by atoms with Gasteiger partial charge in [-0.25, -0.2) is 0 Å². The normalized spacial score (nSPS) is 15.7. The second-order valence-electron chi connectivity index (χ2n) is 15.5. The minimum absolute atomic E-state index is 0.0799. The summed E-state index contributed by atoms with van der Waals surface area (Å²) in [6.45, 7) is 1.17. The maximum atomic E-state index is 12.6. The number of likely N-dealkylation sites (N-methyl/N-ethyl adjacent to an activating group) is 2. The van der Waals surface area contributed by atoms with E-state index < -0.39 is 5.97 Å². The Morgan fingerprint density at radius 3 is 1.58 bits per heavy atom. The number of carbonyl (C=O) groups excluding carboxylic acids is 1. The summed E-state index contributed by atoms with van der Waals surface area (Å²) in [4.78, 5) is 35.8. The van der Waals surface area contributed by atoms with Crippen molar-refractivity contribution in [3.05, 3.63) is 118 Å². The van der Waals surface area contributed by atoms with Crippen LogP contribution in [0.25, 0.3) is 0 Å². The van der Waals surface area contributed by atoms with E-state index in [1.807, 2.05) is 64.7 Å². The SMILES string of the molecule is CN(C)[C@H](CN)Cc1ccc(O)c(Cl)c1.CN(C)[C@H](CNC(=O)C[C@H](c1cccnc1)C1CC1)Cc1ccc(O)c(Cl)c1.O=C(O)C[C@H](c1cccnc1)C1CC1. The molecule has 0 aliphatic heterocycles. The molecule has 0 saturated heterocycles. The molecule has 6 rings (SSSR count). The van der Waals surface area contributed by atoms with Crippen LogP contribution in [-0.4, -0.2) is 100 Å². The van der Waals surface area contributed by atoms with E-state index in [2.05, 4.69) is 31.2 Å². The summed E-state index contributed by atoms with van der Waals surface area (Å²) in [7, 11) is 8.00. The molecule has 11 nitrogen and oxygen atoms in total. The smallest absolute Gasteiger partial charge is 0.303 e. The van der Waals surface area contributed by atoms with Crippen LogP contribution in [0, 0.1) is 11.8 Å². The third-order valence-electron chi connectivity index (χ3n) is 10.6. The van der Waals surface area contributed by atoms with Crippen molar-refractivity contribution in [2.24, 2.45) is 17.6 Å². The second-order valence-corrected chi connectivity index (χ2v) is 16.3. The summed E-state index contributed by atoms with van der Waals surface area (Å²) < 4.78 is 0. The average molecular weight is 822 g/mol. The first-order chi connectivity index (χ1) is 27.2. The lowest BCUT2D eigenvalue weighted by Gasteiger charge is -2.25. The molecule has 2 fully saturated rings. The van der Waals surface area contributed by atoms with E-state index in [1.165, 1.54) is 12.8 Å². The van der Waals surface area contributed by atoms with Crippen molar-refractivity contribution in [1.29, 1.82) is 0 Å². The number of aromatic nitrogens is 2. The standard InChI is InChI=1S/C22H28ClN3O2.C11H17ClN2O.C11H13NO2/c1-26(2)18(10-15-5-8-21(27)20(23)11-15)14-25-22(28)12-19(16-6-7-16)17-4-3-9-24-13-17;1-14(2)9(7-13)5-8-3-4-11(15)10(12)6-8;13-11(14)6-10(8-3-4-8)9-2-1-5-12-7-9/h3-5,8-9,11,13,16,18-19,27H,6-7,10,12,14H2,1-2H3,(H,25,28);3-4,6,9,15H,5,7,13H2,1-2H3;1-2,5,7-8,10H,3-4,6H2,(H,13,14)/t18-,19-;9-;10-/m000/s1. The van der Waals surface area contributed by atoms with Crippen molar-refractivity contribution in [2.45, 2.75) is 75.3 Å². The summed E-state index contributed by atoms with van der Waals surface area (Å²) in [6.07, 6.45) is 14.2. The number of carboxylic acids is 1. The topological polar surface area (TPSA) is 165 Å². The second kappa shape index (κ2) is 22.6. The largest absolute Gasteiger partial charge is 0.506 e. The molecule has 57 heavy (non-hydrogen) atoms. The molecule has 2 aromatic carbocycles. The molecule has 2 aliphatic rings. The lowest BCUT2D eigenvalue weighted by molar-refractivity contribution is -0.137. The number of nitrogens with zero attached hydrogens (tertiary/aromatic N) is 4. The quantitative estimate of drug-likeness (QED) is 0.0740. The minimum atomic E-state index is -0.717. The summed E-state index contributed by atoms with van der Waals surface area (Å²) >= 11 is 11.8. The van der Waals surface area contributed by atoms with Gasteiger partial charge in [0.15, 0.2) is 0 Å². The number of nitrogens with one attached hydrogen (secondary N) is 1. The van der Waals surface area contributed by atoms with E-state index >= 15 is 0 Å². The first-order valence-electron chi connectivity index (χ1n) is 19.5. The average Bonchev–Trinajstić information content (AvgIpc) is 4.13. The number of aliphatic carboxylic acids is 1. The molecule has 0 unspecified atom stereocenters. The van der Waals surface area contributed by atoms with Crippen molar-refractivity contribution >= 4 is 35.1 Å². The van der Waals surface area contributed by atoms with Gasteiger partial charge in [-0.3, -0.25) is 19.6 Å². The molecule has 4 aromatic rings. The van der Waals surface area contributed by atoms with Crippen LogP contribution >= 0.6 is 23.2 Å². The predicted octanol–water partition coefficient (Wildman–Crippen LogP) is 7.14. The van der Waals surface area contributed by atoms with Crippen molar-refractivity contribution < 1.29 is 24.9 Å². The Labute approximate surface area is 347 Å². The Morgan fingerprint density at radius 2 is 1.21 bits per heavy atom. The molecule has 0 radical (unpaired) electrons. The number of nitrogens with two attached hydrogens (primary N) is 1. The van der Waals surface area contributed by atoms with Crippen LogP contribution in [0.1, 0.15) is 72.6 Å². The molecule has 2 saturated carbocycles.